The normalized spacial score (nSPS) is 22.6. The average molecular weight is 262 g/mol. The molecule has 0 aromatic heterocycles. The van der Waals surface area contributed by atoms with E-state index in [0.29, 0.717) is 0 Å². The van der Waals surface area contributed by atoms with E-state index >= 15 is 0 Å². The fraction of sp³-hybridized carbons (Fsp3) is 0.625. The van der Waals surface area contributed by atoms with Gasteiger partial charge in [-0.25, -0.2) is 0 Å². The minimum Gasteiger partial charge on any atom is -0.493 e. The van der Waals surface area contributed by atoms with E-state index in [-0.39, 0.29) is 0 Å². The monoisotopic (exact) mass is 262 g/mol. The van der Waals surface area contributed by atoms with Gasteiger partial charge in [0.25, 0.3) is 0 Å². The number of ether oxygens (including phenoxy) is 2. The number of hydrogen-bond donors (Lipinski definition) is 1. The Kier molecular flexibility index (Phi) is 3.50. The molecule has 0 radical (unpaired) electrons. The van der Waals surface area contributed by atoms with Gasteiger partial charge in [-0.15, -0.1) is 0 Å². The summed E-state index contributed by atoms with van der Waals surface area (Å²) in [6, 6.07) is 6.04. The smallest absolute Gasteiger partial charge is 0.122 e. The minimum absolute atomic E-state index is 0.397. The van der Waals surface area contributed by atoms with E-state index in [0.717, 1.165) is 50.0 Å². The van der Waals surface area contributed by atoms with Gasteiger partial charge in [-0.2, -0.15) is 0 Å². The van der Waals surface area contributed by atoms with Crippen LogP contribution in [0.5, 0.6) is 5.75 Å². The quantitative estimate of drug-likeness (QED) is 0.910. The third-order valence-electron chi connectivity index (χ3n) is 4.63. The summed E-state index contributed by atoms with van der Waals surface area (Å²) in [5.74, 6) is 0.964. The second kappa shape index (κ2) is 5.14. The topological polar surface area (TPSA) is 38.7 Å². The Morgan fingerprint density at radius 3 is 2.79 bits per heavy atom. The number of fused-ring (bicyclic) bond motifs is 1. The molecule has 1 atom stereocenters. The average Bonchev–Trinajstić information content (AvgIpc) is 2.94. The molecule has 1 unspecified atom stereocenters. The Morgan fingerprint density at radius 1 is 1.26 bits per heavy atom. The minimum atomic E-state index is -0.538. The zero-order chi connectivity index (χ0) is 13.3. The van der Waals surface area contributed by atoms with E-state index in [1.807, 2.05) is 12.1 Å². The number of hydrogen-bond acceptors (Lipinski definition) is 3. The number of methoxy groups -OCH3 is 1. The first-order valence-electron chi connectivity index (χ1n) is 7.24. The molecule has 1 heterocycles. The first kappa shape index (κ1) is 12.9. The van der Waals surface area contributed by atoms with E-state index < -0.39 is 11.7 Å². The first-order chi connectivity index (χ1) is 9.25. The second-order valence-corrected chi connectivity index (χ2v) is 5.70. The highest BCUT2D eigenvalue weighted by Crippen LogP contribution is 2.42. The van der Waals surface area contributed by atoms with Crippen molar-refractivity contribution in [2.24, 2.45) is 0 Å². The van der Waals surface area contributed by atoms with Crippen molar-refractivity contribution in [2.45, 2.75) is 50.2 Å². The number of aliphatic hydroxyl groups is 1. The molecule has 19 heavy (non-hydrogen) atoms. The lowest BCUT2D eigenvalue weighted by Gasteiger charge is -2.40. The van der Waals surface area contributed by atoms with Crippen LogP contribution >= 0.6 is 0 Å². The lowest BCUT2D eigenvalue weighted by molar-refractivity contribution is -0.125. The highest BCUT2D eigenvalue weighted by molar-refractivity contribution is 5.41. The lowest BCUT2D eigenvalue weighted by atomic mass is 9.78. The fourth-order valence-electron chi connectivity index (χ4n) is 3.42. The van der Waals surface area contributed by atoms with Gasteiger partial charge in [0.2, 0.25) is 0 Å². The van der Waals surface area contributed by atoms with Crippen molar-refractivity contribution >= 4 is 0 Å². The summed E-state index contributed by atoms with van der Waals surface area (Å²) >= 11 is 0. The van der Waals surface area contributed by atoms with Crippen LogP contribution in [-0.4, -0.2) is 24.4 Å². The van der Waals surface area contributed by atoms with Gasteiger partial charge in [-0.05, 0) is 36.1 Å². The number of benzene rings is 1. The van der Waals surface area contributed by atoms with Crippen LogP contribution in [0, 0.1) is 0 Å². The summed E-state index contributed by atoms with van der Waals surface area (Å²) < 4.78 is 11.3. The molecular formula is C16H22O3. The third kappa shape index (κ3) is 2.26. The predicted octanol–water partition coefficient (Wildman–Crippen LogP) is 3.00. The number of rotatable bonds is 3. The van der Waals surface area contributed by atoms with Crippen LogP contribution in [0.2, 0.25) is 0 Å². The SMILES string of the molecule is COC1(C(O)c2ccc3c(c2)CCO3)CCCCC1. The molecule has 0 saturated heterocycles. The van der Waals surface area contributed by atoms with Gasteiger partial charge in [0.15, 0.2) is 0 Å². The molecular weight excluding hydrogens is 240 g/mol. The van der Waals surface area contributed by atoms with Crippen LogP contribution in [0.25, 0.3) is 0 Å². The second-order valence-electron chi connectivity index (χ2n) is 5.70. The molecule has 3 nitrogen and oxygen atoms in total. The van der Waals surface area contributed by atoms with Crippen molar-refractivity contribution in [3.63, 3.8) is 0 Å². The van der Waals surface area contributed by atoms with Crippen molar-refractivity contribution in [2.75, 3.05) is 13.7 Å². The van der Waals surface area contributed by atoms with Crippen LogP contribution < -0.4 is 4.74 Å². The van der Waals surface area contributed by atoms with Crippen LogP contribution in [0.3, 0.4) is 0 Å². The summed E-state index contributed by atoms with van der Waals surface area (Å²) in [4.78, 5) is 0. The molecule has 2 aliphatic rings. The zero-order valence-electron chi connectivity index (χ0n) is 11.5. The summed E-state index contributed by atoms with van der Waals surface area (Å²) in [5.41, 5.74) is 1.78. The van der Waals surface area contributed by atoms with Crippen LogP contribution in [0.15, 0.2) is 18.2 Å². The Labute approximate surface area is 114 Å². The van der Waals surface area contributed by atoms with Crippen molar-refractivity contribution in [1.29, 1.82) is 0 Å². The van der Waals surface area contributed by atoms with Crippen LogP contribution in [0.1, 0.15) is 49.3 Å². The predicted molar refractivity (Wildman–Crippen MR) is 73.4 cm³/mol. The largest absolute Gasteiger partial charge is 0.493 e. The molecule has 1 aliphatic carbocycles. The molecule has 0 amide bonds. The molecule has 0 spiro atoms. The molecule has 1 N–H and O–H groups in total. The molecule has 0 bridgehead atoms. The Morgan fingerprint density at radius 2 is 2.05 bits per heavy atom. The van der Waals surface area contributed by atoms with Crippen LogP contribution in [-0.2, 0) is 11.2 Å². The standard InChI is InChI=1S/C16H22O3/c1-18-16(8-3-2-4-9-16)15(17)13-5-6-14-12(11-13)7-10-19-14/h5-6,11,15,17H,2-4,7-10H2,1H3. The first-order valence-corrected chi connectivity index (χ1v) is 7.24. The van der Waals surface area contributed by atoms with Crippen molar-refractivity contribution < 1.29 is 14.6 Å². The van der Waals surface area contributed by atoms with Gasteiger partial charge in [0.05, 0.1) is 12.2 Å². The zero-order valence-corrected chi connectivity index (χ0v) is 11.5. The molecule has 1 saturated carbocycles. The summed E-state index contributed by atoms with van der Waals surface area (Å²) in [7, 11) is 1.73. The third-order valence-corrected chi connectivity index (χ3v) is 4.63. The highest BCUT2D eigenvalue weighted by atomic mass is 16.5. The number of aliphatic hydroxyl groups excluding tert-OH is 1. The van der Waals surface area contributed by atoms with Gasteiger partial charge in [0, 0.05) is 13.5 Å². The Hall–Kier alpha value is -1.06. The van der Waals surface area contributed by atoms with E-state index in [1.54, 1.807) is 7.11 Å². The van der Waals surface area contributed by atoms with Gasteiger partial charge >= 0.3 is 0 Å². The fourth-order valence-corrected chi connectivity index (χ4v) is 3.42. The van der Waals surface area contributed by atoms with Gasteiger partial charge in [-0.1, -0.05) is 25.3 Å². The maximum atomic E-state index is 10.8. The molecule has 3 heteroatoms. The van der Waals surface area contributed by atoms with Gasteiger partial charge in [0.1, 0.15) is 11.9 Å². The van der Waals surface area contributed by atoms with Crippen LogP contribution in [0.4, 0.5) is 0 Å². The molecule has 1 fully saturated rings. The van der Waals surface area contributed by atoms with Crippen molar-refractivity contribution in [3.8, 4) is 5.75 Å². The molecule has 1 aromatic carbocycles. The molecule has 3 rings (SSSR count). The van der Waals surface area contributed by atoms with E-state index in [9.17, 15) is 5.11 Å². The molecule has 1 aromatic rings. The maximum absolute atomic E-state index is 10.8. The van der Waals surface area contributed by atoms with E-state index in [2.05, 4.69) is 6.07 Å². The van der Waals surface area contributed by atoms with Gasteiger partial charge < -0.3 is 14.6 Å². The van der Waals surface area contributed by atoms with Gasteiger partial charge in [-0.3, -0.25) is 0 Å². The van der Waals surface area contributed by atoms with E-state index in [1.165, 1.54) is 12.0 Å². The summed E-state index contributed by atoms with van der Waals surface area (Å²) in [5, 5.41) is 10.8. The Balaban J connectivity index is 1.87. The summed E-state index contributed by atoms with van der Waals surface area (Å²) in [6.45, 7) is 0.754. The highest BCUT2D eigenvalue weighted by Gasteiger charge is 2.40. The lowest BCUT2D eigenvalue weighted by Crippen LogP contribution is -2.40. The molecule has 1 aliphatic heterocycles. The van der Waals surface area contributed by atoms with Crippen molar-refractivity contribution in [1.82, 2.24) is 0 Å². The molecule has 104 valence electrons. The summed E-state index contributed by atoms with van der Waals surface area (Å²) in [6.07, 6.45) is 5.81. The van der Waals surface area contributed by atoms with E-state index in [4.69, 9.17) is 9.47 Å². The van der Waals surface area contributed by atoms with Crippen molar-refractivity contribution in [3.05, 3.63) is 29.3 Å². The maximum Gasteiger partial charge on any atom is 0.122 e. The Bertz CT molecular complexity index is 449.